The summed E-state index contributed by atoms with van der Waals surface area (Å²) in [5.41, 5.74) is 1.86. The summed E-state index contributed by atoms with van der Waals surface area (Å²) in [5.74, 6) is 0.597. The molecule has 1 N–H and O–H groups in total. The number of thiazole rings is 1. The molecule has 28 heavy (non-hydrogen) atoms. The van der Waals surface area contributed by atoms with Crippen molar-refractivity contribution in [2.24, 2.45) is 0 Å². The number of amides is 1. The monoisotopic (exact) mass is 385 g/mol. The summed E-state index contributed by atoms with van der Waals surface area (Å²) in [6.45, 7) is 0.355. The highest BCUT2D eigenvalue weighted by atomic mass is 32.1. The second kappa shape index (κ2) is 7.91. The van der Waals surface area contributed by atoms with Crippen LogP contribution in [0.1, 0.15) is 11.3 Å². The third-order valence-corrected chi connectivity index (χ3v) is 5.13. The van der Waals surface area contributed by atoms with Crippen molar-refractivity contribution in [3.63, 3.8) is 0 Å². The quantitative estimate of drug-likeness (QED) is 0.396. The van der Waals surface area contributed by atoms with Crippen molar-refractivity contribution in [2.45, 2.75) is 6.54 Å². The maximum Gasteiger partial charge on any atom is 0.262 e. The van der Waals surface area contributed by atoms with Gasteiger partial charge in [-0.3, -0.25) is 4.79 Å². The Bertz CT molecular complexity index is 1170. The van der Waals surface area contributed by atoms with Gasteiger partial charge in [-0.15, -0.1) is 11.3 Å². The van der Waals surface area contributed by atoms with E-state index in [4.69, 9.17) is 4.42 Å². The van der Waals surface area contributed by atoms with Crippen molar-refractivity contribution in [2.75, 3.05) is 0 Å². The van der Waals surface area contributed by atoms with Crippen molar-refractivity contribution in [1.82, 2.24) is 10.3 Å². The van der Waals surface area contributed by atoms with Crippen LogP contribution in [-0.2, 0) is 11.3 Å². The lowest BCUT2D eigenvalue weighted by molar-refractivity contribution is -0.117. The highest BCUT2D eigenvalue weighted by molar-refractivity contribution is 7.21. The lowest BCUT2D eigenvalue weighted by atomic mass is 10.2. The molecular weight excluding hydrogens is 370 g/mol. The number of nitriles is 1. The molecule has 0 saturated heterocycles. The van der Waals surface area contributed by atoms with Crippen LogP contribution in [0, 0.1) is 11.3 Å². The van der Waals surface area contributed by atoms with Crippen molar-refractivity contribution < 1.29 is 9.21 Å². The largest absolute Gasteiger partial charge is 0.454 e. The van der Waals surface area contributed by atoms with Crippen LogP contribution in [0.5, 0.6) is 0 Å². The molecule has 2 aromatic heterocycles. The van der Waals surface area contributed by atoms with E-state index in [9.17, 15) is 10.1 Å². The first kappa shape index (κ1) is 17.7. The number of hydrogen-bond acceptors (Lipinski definition) is 5. The second-order valence-electron chi connectivity index (χ2n) is 6.03. The fourth-order valence-corrected chi connectivity index (χ4v) is 3.61. The van der Waals surface area contributed by atoms with E-state index in [1.807, 2.05) is 60.7 Å². The molecule has 0 bridgehead atoms. The fraction of sp³-hybridized carbons (Fsp3) is 0.0455. The zero-order valence-electron chi connectivity index (χ0n) is 14.8. The highest BCUT2D eigenvalue weighted by Gasteiger charge is 2.13. The molecular formula is C22H15N3O2S. The molecule has 0 atom stereocenters. The molecule has 5 nitrogen and oxygen atoms in total. The molecule has 0 unspecified atom stereocenters. The molecule has 2 heterocycles. The number of aromatic nitrogens is 1. The Morgan fingerprint density at radius 3 is 2.68 bits per heavy atom. The molecule has 0 aliphatic rings. The summed E-state index contributed by atoms with van der Waals surface area (Å²) in [4.78, 5) is 16.8. The van der Waals surface area contributed by atoms with E-state index in [1.54, 1.807) is 12.1 Å². The number of rotatable bonds is 5. The predicted molar refractivity (Wildman–Crippen MR) is 109 cm³/mol. The van der Waals surface area contributed by atoms with Gasteiger partial charge in [0, 0.05) is 12.6 Å². The lowest BCUT2D eigenvalue weighted by Gasteiger charge is -2.03. The molecule has 1 amide bonds. The summed E-state index contributed by atoms with van der Waals surface area (Å²) >= 11 is 1.53. The SMILES string of the molecule is N#CC(=Cc1ccc(-c2nc3ccccc3s2)o1)C(=O)NCc1ccccc1. The van der Waals surface area contributed by atoms with Crippen molar-refractivity contribution in [3.8, 4) is 16.8 Å². The minimum Gasteiger partial charge on any atom is -0.454 e. The van der Waals surface area contributed by atoms with Gasteiger partial charge < -0.3 is 9.73 Å². The number of nitrogens with zero attached hydrogens (tertiary/aromatic N) is 2. The smallest absolute Gasteiger partial charge is 0.262 e. The highest BCUT2D eigenvalue weighted by Crippen LogP contribution is 2.31. The van der Waals surface area contributed by atoms with E-state index >= 15 is 0 Å². The van der Waals surface area contributed by atoms with Gasteiger partial charge in [0.1, 0.15) is 17.4 Å². The molecule has 0 fully saturated rings. The van der Waals surface area contributed by atoms with E-state index in [1.165, 1.54) is 17.4 Å². The number of fused-ring (bicyclic) bond motifs is 1. The fourth-order valence-electron chi connectivity index (χ4n) is 2.69. The molecule has 136 valence electrons. The molecule has 0 radical (unpaired) electrons. The van der Waals surface area contributed by atoms with Gasteiger partial charge in [0.25, 0.3) is 5.91 Å². The average molecular weight is 385 g/mol. The number of nitrogens with one attached hydrogen (secondary N) is 1. The number of carbonyl (C=O) groups excluding carboxylic acids is 1. The van der Waals surface area contributed by atoms with Crippen molar-refractivity contribution in [1.29, 1.82) is 5.26 Å². The van der Waals surface area contributed by atoms with Crippen LogP contribution in [0.2, 0.25) is 0 Å². The molecule has 2 aromatic carbocycles. The molecule has 0 spiro atoms. The van der Waals surface area contributed by atoms with Gasteiger partial charge >= 0.3 is 0 Å². The number of carbonyl (C=O) groups is 1. The van der Waals surface area contributed by atoms with Gasteiger partial charge in [-0.05, 0) is 29.8 Å². The normalized spacial score (nSPS) is 11.3. The molecule has 0 aliphatic carbocycles. The third-order valence-electron chi connectivity index (χ3n) is 4.08. The van der Waals surface area contributed by atoms with Gasteiger partial charge in [0.2, 0.25) is 0 Å². The third kappa shape index (κ3) is 3.85. The van der Waals surface area contributed by atoms with Gasteiger partial charge in [0.05, 0.1) is 10.2 Å². The summed E-state index contributed by atoms with van der Waals surface area (Å²) in [6.07, 6.45) is 1.44. The Kier molecular flexibility index (Phi) is 5.00. The Morgan fingerprint density at radius 1 is 1.11 bits per heavy atom. The van der Waals surface area contributed by atoms with Crippen molar-refractivity contribution in [3.05, 3.63) is 83.6 Å². The van der Waals surface area contributed by atoms with Crippen LogP contribution >= 0.6 is 11.3 Å². The maximum absolute atomic E-state index is 12.3. The lowest BCUT2D eigenvalue weighted by Crippen LogP contribution is -2.23. The van der Waals surface area contributed by atoms with Crippen LogP contribution in [0.15, 0.2) is 76.7 Å². The Morgan fingerprint density at radius 2 is 1.89 bits per heavy atom. The summed E-state index contributed by atoms with van der Waals surface area (Å²) in [7, 11) is 0. The van der Waals surface area contributed by atoms with Gasteiger partial charge in [-0.25, -0.2) is 4.98 Å². The first-order valence-corrected chi connectivity index (χ1v) is 9.44. The molecule has 4 rings (SSSR count). The zero-order chi connectivity index (χ0) is 19.3. The van der Waals surface area contributed by atoms with E-state index in [-0.39, 0.29) is 5.57 Å². The Labute approximate surface area is 165 Å². The minimum atomic E-state index is -0.440. The van der Waals surface area contributed by atoms with E-state index in [0.29, 0.717) is 18.1 Å². The molecule has 0 saturated carbocycles. The van der Waals surface area contributed by atoms with Crippen LogP contribution in [-0.4, -0.2) is 10.9 Å². The van der Waals surface area contributed by atoms with Crippen LogP contribution < -0.4 is 5.32 Å². The molecule has 0 aliphatic heterocycles. The molecule has 6 heteroatoms. The van der Waals surface area contributed by atoms with Gasteiger partial charge in [0.15, 0.2) is 10.8 Å². The first-order chi connectivity index (χ1) is 13.7. The van der Waals surface area contributed by atoms with E-state index in [0.717, 1.165) is 20.8 Å². The number of benzene rings is 2. The average Bonchev–Trinajstić information content (AvgIpc) is 3.37. The van der Waals surface area contributed by atoms with Crippen LogP contribution in [0.4, 0.5) is 0 Å². The topological polar surface area (TPSA) is 78.9 Å². The summed E-state index contributed by atoms with van der Waals surface area (Å²) < 4.78 is 6.86. The van der Waals surface area contributed by atoms with Crippen LogP contribution in [0.25, 0.3) is 27.1 Å². The van der Waals surface area contributed by atoms with Crippen molar-refractivity contribution >= 4 is 33.5 Å². The maximum atomic E-state index is 12.3. The first-order valence-electron chi connectivity index (χ1n) is 8.62. The molecule has 4 aromatic rings. The van der Waals surface area contributed by atoms with Crippen LogP contribution in [0.3, 0.4) is 0 Å². The Hall–Kier alpha value is -3.69. The minimum absolute atomic E-state index is 0.0128. The number of para-hydroxylation sites is 1. The van der Waals surface area contributed by atoms with E-state index < -0.39 is 5.91 Å². The number of hydrogen-bond donors (Lipinski definition) is 1. The Balaban J connectivity index is 1.51. The summed E-state index contributed by atoms with van der Waals surface area (Å²) in [6, 6.07) is 22.8. The summed E-state index contributed by atoms with van der Waals surface area (Å²) in [5, 5.41) is 12.8. The zero-order valence-corrected chi connectivity index (χ0v) is 15.6. The predicted octanol–water partition coefficient (Wildman–Crippen LogP) is 4.78. The standard InChI is InChI=1S/C22H15N3O2S/c23-13-16(21(26)24-14-15-6-2-1-3-7-15)12-17-10-11-19(27-17)22-25-18-8-4-5-9-20(18)28-22/h1-12H,14H2,(H,24,26). The van der Waals surface area contributed by atoms with Gasteiger partial charge in [-0.1, -0.05) is 42.5 Å². The second-order valence-corrected chi connectivity index (χ2v) is 7.06. The number of furan rings is 1. The van der Waals surface area contributed by atoms with E-state index in [2.05, 4.69) is 10.3 Å². The van der Waals surface area contributed by atoms with Gasteiger partial charge in [-0.2, -0.15) is 5.26 Å².